The van der Waals surface area contributed by atoms with Crippen molar-refractivity contribution in [1.29, 1.82) is 0 Å². The summed E-state index contributed by atoms with van der Waals surface area (Å²) in [5.74, 6) is 0.643. The molecule has 0 radical (unpaired) electrons. The molecule has 22 heavy (non-hydrogen) atoms. The number of nitro benzene ring substituents is 1. The molecule has 0 unspecified atom stereocenters. The number of fused-ring (bicyclic) bond motifs is 1. The Kier molecular flexibility index (Phi) is 3.26. The van der Waals surface area contributed by atoms with Gasteiger partial charge in [-0.3, -0.25) is 14.9 Å². The van der Waals surface area contributed by atoms with Crippen LogP contribution in [0.4, 0.5) is 17.1 Å². The first kappa shape index (κ1) is 13.7. The molecule has 0 fully saturated rings. The molecule has 0 saturated carbocycles. The number of nitrogens with zero attached hydrogens (tertiary/aromatic N) is 1. The minimum absolute atomic E-state index is 0.00429. The van der Waals surface area contributed by atoms with Gasteiger partial charge < -0.3 is 20.5 Å². The SMILES string of the molecule is Nc1ccc(C(=O)Nc2ccc3c(c2)OCO3)cc1[N+](=O)[O-]. The Morgan fingerprint density at radius 3 is 2.73 bits per heavy atom. The van der Waals surface area contributed by atoms with E-state index in [2.05, 4.69) is 5.32 Å². The fourth-order valence-electron chi connectivity index (χ4n) is 2.02. The van der Waals surface area contributed by atoms with Gasteiger partial charge in [-0.05, 0) is 24.3 Å². The summed E-state index contributed by atoms with van der Waals surface area (Å²) in [5.41, 5.74) is 5.83. The second-order valence-corrected chi connectivity index (χ2v) is 4.55. The normalized spacial score (nSPS) is 12.0. The third-order valence-corrected chi connectivity index (χ3v) is 3.12. The number of hydrogen-bond acceptors (Lipinski definition) is 6. The van der Waals surface area contributed by atoms with Crippen LogP contribution in [0.25, 0.3) is 0 Å². The second kappa shape index (κ2) is 5.24. The lowest BCUT2D eigenvalue weighted by Gasteiger charge is -2.07. The van der Waals surface area contributed by atoms with Crippen LogP contribution in [0.1, 0.15) is 10.4 Å². The van der Waals surface area contributed by atoms with Crippen molar-refractivity contribution in [2.45, 2.75) is 0 Å². The van der Waals surface area contributed by atoms with Gasteiger partial charge in [0.05, 0.1) is 4.92 Å². The summed E-state index contributed by atoms with van der Waals surface area (Å²) in [6.07, 6.45) is 0. The van der Waals surface area contributed by atoms with Gasteiger partial charge in [0.1, 0.15) is 5.69 Å². The predicted octanol–water partition coefficient (Wildman–Crippen LogP) is 2.16. The number of nitrogens with one attached hydrogen (secondary N) is 1. The van der Waals surface area contributed by atoms with Crippen LogP contribution in [-0.4, -0.2) is 17.6 Å². The number of carbonyl (C=O) groups excluding carboxylic acids is 1. The molecule has 0 spiro atoms. The largest absolute Gasteiger partial charge is 0.454 e. The molecule has 0 aliphatic carbocycles. The van der Waals surface area contributed by atoms with Gasteiger partial charge in [0.25, 0.3) is 11.6 Å². The summed E-state index contributed by atoms with van der Waals surface area (Å²) in [4.78, 5) is 22.4. The standard InChI is InChI=1S/C14H11N3O5/c15-10-3-1-8(5-11(10)17(19)20)14(18)16-9-2-4-12-13(6-9)22-7-21-12/h1-6H,7,15H2,(H,16,18). The first-order valence-corrected chi connectivity index (χ1v) is 6.29. The fourth-order valence-corrected chi connectivity index (χ4v) is 2.02. The molecule has 3 N–H and O–H groups in total. The topological polar surface area (TPSA) is 117 Å². The lowest BCUT2D eigenvalue weighted by atomic mass is 10.1. The molecule has 112 valence electrons. The molecule has 0 aromatic heterocycles. The number of carbonyl (C=O) groups is 1. The maximum absolute atomic E-state index is 12.2. The average molecular weight is 301 g/mol. The number of amides is 1. The molecule has 0 bridgehead atoms. The molecule has 2 aromatic carbocycles. The van der Waals surface area contributed by atoms with Gasteiger partial charge >= 0.3 is 0 Å². The van der Waals surface area contributed by atoms with Crippen molar-refractivity contribution in [3.05, 3.63) is 52.1 Å². The Bertz CT molecular complexity index is 775. The van der Waals surface area contributed by atoms with Gasteiger partial charge in [0.2, 0.25) is 6.79 Å². The van der Waals surface area contributed by atoms with Crippen LogP contribution in [0.5, 0.6) is 11.5 Å². The zero-order valence-corrected chi connectivity index (χ0v) is 11.2. The Morgan fingerprint density at radius 2 is 1.95 bits per heavy atom. The number of anilines is 2. The van der Waals surface area contributed by atoms with Gasteiger partial charge in [-0.25, -0.2) is 0 Å². The van der Waals surface area contributed by atoms with Gasteiger partial charge in [-0.15, -0.1) is 0 Å². The Hall–Kier alpha value is -3.29. The van der Waals surface area contributed by atoms with Crippen LogP contribution >= 0.6 is 0 Å². The smallest absolute Gasteiger partial charge is 0.292 e. The molecule has 1 amide bonds. The maximum Gasteiger partial charge on any atom is 0.292 e. The summed E-state index contributed by atoms with van der Waals surface area (Å²) in [6, 6.07) is 8.82. The molecule has 8 heteroatoms. The van der Waals surface area contributed by atoms with Crippen molar-refractivity contribution in [1.82, 2.24) is 0 Å². The fraction of sp³-hybridized carbons (Fsp3) is 0.0714. The highest BCUT2D eigenvalue weighted by Gasteiger charge is 2.17. The number of nitrogens with two attached hydrogens (primary N) is 1. The number of nitrogen functional groups attached to an aromatic ring is 1. The minimum atomic E-state index is -0.632. The average Bonchev–Trinajstić information content (AvgIpc) is 2.94. The van der Waals surface area contributed by atoms with Crippen molar-refractivity contribution in [2.24, 2.45) is 0 Å². The summed E-state index contributed by atoms with van der Waals surface area (Å²) >= 11 is 0. The van der Waals surface area contributed by atoms with Crippen LogP contribution in [0, 0.1) is 10.1 Å². The molecule has 1 heterocycles. The van der Waals surface area contributed by atoms with Gasteiger partial charge in [-0.2, -0.15) is 0 Å². The Morgan fingerprint density at radius 1 is 1.18 bits per heavy atom. The van der Waals surface area contributed by atoms with Crippen molar-refractivity contribution >= 4 is 23.0 Å². The Labute approximate surface area is 124 Å². The van der Waals surface area contributed by atoms with Crippen LogP contribution in [0.2, 0.25) is 0 Å². The van der Waals surface area contributed by atoms with Crippen molar-refractivity contribution in [3.8, 4) is 11.5 Å². The van der Waals surface area contributed by atoms with Crippen LogP contribution in [0.15, 0.2) is 36.4 Å². The second-order valence-electron chi connectivity index (χ2n) is 4.55. The predicted molar refractivity (Wildman–Crippen MR) is 78.0 cm³/mol. The zero-order valence-electron chi connectivity index (χ0n) is 11.2. The maximum atomic E-state index is 12.2. The lowest BCUT2D eigenvalue weighted by Crippen LogP contribution is -2.12. The van der Waals surface area contributed by atoms with Crippen LogP contribution < -0.4 is 20.5 Å². The minimum Gasteiger partial charge on any atom is -0.454 e. The molecular weight excluding hydrogens is 290 g/mol. The molecule has 1 aliphatic heterocycles. The highest BCUT2D eigenvalue weighted by atomic mass is 16.7. The van der Waals surface area contributed by atoms with E-state index in [1.165, 1.54) is 12.1 Å². The zero-order chi connectivity index (χ0) is 15.7. The third kappa shape index (κ3) is 2.49. The van der Waals surface area contributed by atoms with E-state index in [4.69, 9.17) is 15.2 Å². The molecule has 8 nitrogen and oxygen atoms in total. The van der Waals surface area contributed by atoms with E-state index in [9.17, 15) is 14.9 Å². The first-order valence-electron chi connectivity index (χ1n) is 6.29. The Balaban J connectivity index is 1.83. The van der Waals surface area contributed by atoms with Gasteiger partial charge in [0.15, 0.2) is 11.5 Å². The van der Waals surface area contributed by atoms with E-state index in [0.717, 1.165) is 6.07 Å². The number of benzene rings is 2. The number of hydrogen-bond donors (Lipinski definition) is 2. The summed E-state index contributed by atoms with van der Waals surface area (Å²) < 4.78 is 10.4. The van der Waals surface area contributed by atoms with Gasteiger partial charge in [0, 0.05) is 23.4 Å². The van der Waals surface area contributed by atoms with E-state index in [1.54, 1.807) is 18.2 Å². The lowest BCUT2D eigenvalue weighted by molar-refractivity contribution is -0.383. The summed E-state index contributed by atoms with van der Waals surface area (Å²) in [6.45, 7) is 0.136. The van der Waals surface area contributed by atoms with E-state index in [1.807, 2.05) is 0 Å². The van der Waals surface area contributed by atoms with Crippen LogP contribution in [0.3, 0.4) is 0 Å². The van der Waals surface area contributed by atoms with E-state index in [0.29, 0.717) is 17.2 Å². The van der Waals surface area contributed by atoms with Crippen molar-refractivity contribution < 1.29 is 19.2 Å². The molecule has 1 aliphatic rings. The highest BCUT2D eigenvalue weighted by Crippen LogP contribution is 2.34. The van der Waals surface area contributed by atoms with E-state index >= 15 is 0 Å². The van der Waals surface area contributed by atoms with Crippen molar-refractivity contribution in [2.75, 3.05) is 17.8 Å². The highest BCUT2D eigenvalue weighted by molar-refractivity contribution is 6.05. The molecule has 2 aromatic rings. The molecule has 0 atom stereocenters. The summed E-state index contributed by atoms with van der Waals surface area (Å²) in [5, 5.41) is 13.5. The van der Waals surface area contributed by atoms with Crippen LogP contribution in [-0.2, 0) is 0 Å². The molecular formula is C14H11N3O5. The molecule has 0 saturated heterocycles. The number of ether oxygens (including phenoxy) is 2. The quantitative estimate of drug-likeness (QED) is 0.509. The number of rotatable bonds is 3. The first-order chi connectivity index (χ1) is 10.5. The monoisotopic (exact) mass is 301 g/mol. The van der Waals surface area contributed by atoms with Gasteiger partial charge in [-0.1, -0.05) is 0 Å². The third-order valence-electron chi connectivity index (χ3n) is 3.12. The summed E-state index contributed by atoms with van der Waals surface area (Å²) in [7, 11) is 0. The number of nitro groups is 1. The van der Waals surface area contributed by atoms with Crippen molar-refractivity contribution in [3.63, 3.8) is 0 Å². The van der Waals surface area contributed by atoms with E-state index in [-0.39, 0.29) is 23.7 Å². The van der Waals surface area contributed by atoms with E-state index < -0.39 is 10.8 Å². The molecule has 3 rings (SSSR count).